The summed E-state index contributed by atoms with van der Waals surface area (Å²) in [4.78, 5) is 25.1. The third kappa shape index (κ3) is 2.88. The molecule has 2 aliphatic rings. The normalized spacial score (nSPS) is 19.0. The zero-order valence-electron chi connectivity index (χ0n) is 12.6. The number of carbonyl (C=O) groups excluding carboxylic acids is 1. The number of carbonyl (C=O) groups is 1. The highest BCUT2D eigenvalue weighted by Crippen LogP contribution is 2.40. The smallest absolute Gasteiger partial charge is 0.274 e. The molecule has 3 heterocycles. The minimum atomic E-state index is -0.317. The monoisotopic (exact) mass is 315 g/mol. The molecule has 0 bridgehead atoms. The Balaban J connectivity index is 1.39. The maximum atomic E-state index is 12.3. The summed E-state index contributed by atoms with van der Waals surface area (Å²) in [6, 6.07) is 2.76. The zero-order valence-corrected chi connectivity index (χ0v) is 12.6. The SMILES string of the molecule is O=C(c1ccc(=O)[nH]n1)N1CCC(c2nnc(C3CC3)o2)CC1. The lowest BCUT2D eigenvalue weighted by atomic mass is 9.96. The van der Waals surface area contributed by atoms with Gasteiger partial charge in [0.25, 0.3) is 11.5 Å². The summed E-state index contributed by atoms with van der Waals surface area (Å²) in [6.45, 7) is 1.23. The Morgan fingerprint density at radius 3 is 2.30 bits per heavy atom. The van der Waals surface area contributed by atoms with Gasteiger partial charge in [-0.3, -0.25) is 9.59 Å². The first-order valence-electron chi connectivity index (χ1n) is 7.89. The number of nitrogens with one attached hydrogen (secondary N) is 1. The molecule has 2 aromatic rings. The Labute approximate surface area is 131 Å². The second-order valence-electron chi connectivity index (χ2n) is 6.13. The number of amides is 1. The molecule has 0 aromatic carbocycles. The van der Waals surface area contributed by atoms with Gasteiger partial charge in [-0.25, -0.2) is 5.10 Å². The maximum absolute atomic E-state index is 12.3. The van der Waals surface area contributed by atoms with Gasteiger partial charge in [0.15, 0.2) is 0 Å². The van der Waals surface area contributed by atoms with E-state index < -0.39 is 0 Å². The molecule has 8 heteroatoms. The van der Waals surface area contributed by atoms with E-state index in [1.807, 2.05) is 0 Å². The lowest BCUT2D eigenvalue weighted by molar-refractivity contribution is 0.0698. The van der Waals surface area contributed by atoms with E-state index in [-0.39, 0.29) is 23.1 Å². The van der Waals surface area contributed by atoms with Gasteiger partial charge in [-0.1, -0.05) is 0 Å². The molecule has 2 fully saturated rings. The molecular formula is C15H17N5O3. The average molecular weight is 315 g/mol. The lowest BCUT2D eigenvalue weighted by Gasteiger charge is -2.30. The van der Waals surface area contributed by atoms with Crippen LogP contribution in [-0.4, -0.2) is 44.3 Å². The number of hydrogen-bond acceptors (Lipinski definition) is 6. The minimum Gasteiger partial charge on any atom is -0.425 e. The van der Waals surface area contributed by atoms with Crippen LogP contribution in [0.4, 0.5) is 0 Å². The highest BCUT2D eigenvalue weighted by molar-refractivity contribution is 5.92. The van der Waals surface area contributed by atoms with E-state index in [0.717, 1.165) is 31.6 Å². The number of likely N-dealkylation sites (tertiary alicyclic amines) is 1. The van der Waals surface area contributed by atoms with Gasteiger partial charge in [-0.2, -0.15) is 5.10 Å². The van der Waals surface area contributed by atoms with Crippen molar-refractivity contribution in [2.75, 3.05) is 13.1 Å². The fourth-order valence-electron chi connectivity index (χ4n) is 2.86. The van der Waals surface area contributed by atoms with Crippen molar-refractivity contribution in [3.05, 3.63) is 40.0 Å². The van der Waals surface area contributed by atoms with E-state index >= 15 is 0 Å². The van der Waals surface area contributed by atoms with Crippen LogP contribution in [0, 0.1) is 0 Å². The summed E-state index contributed by atoms with van der Waals surface area (Å²) in [7, 11) is 0. The van der Waals surface area contributed by atoms with Crippen LogP contribution < -0.4 is 5.56 Å². The van der Waals surface area contributed by atoms with Crippen molar-refractivity contribution in [3.63, 3.8) is 0 Å². The second kappa shape index (κ2) is 5.60. The van der Waals surface area contributed by atoms with Crippen LogP contribution in [0.2, 0.25) is 0 Å². The molecule has 2 aromatic heterocycles. The summed E-state index contributed by atoms with van der Waals surface area (Å²) in [5.74, 6) is 1.97. The third-order valence-electron chi connectivity index (χ3n) is 4.41. The van der Waals surface area contributed by atoms with Gasteiger partial charge in [0.05, 0.1) is 0 Å². The molecule has 1 amide bonds. The van der Waals surface area contributed by atoms with Crippen LogP contribution in [0.25, 0.3) is 0 Å². The van der Waals surface area contributed by atoms with Gasteiger partial charge < -0.3 is 9.32 Å². The zero-order chi connectivity index (χ0) is 15.8. The molecule has 4 rings (SSSR count). The van der Waals surface area contributed by atoms with Crippen LogP contribution in [0.1, 0.15) is 59.8 Å². The Hall–Kier alpha value is -2.51. The molecule has 1 aliphatic carbocycles. The van der Waals surface area contributed by atoms with Crippen LogP contribution in [0.5, 0.6) is 0 Å². The molecule has 23 heavy (non-hydrogen) atoms. The molecule has 0 radical (unpaired) electrons. The predicted molar refractivity (Wildman–Crippen MR) is 79.0 cm³/mol. The summed E-state index contributed by atoms with van der Waals surface area (Å²) < 4.78 is 5.76. The first-order chi connectivity index (χ1) is 11.2. The van der Waals surface area contributed by atoms with Gasteiger partial charge in [-0.15, -0.1) is 10.2 Å². The number of nitrogens with zero attached hydrogens (tertiary/aromatic N) is 4. The number of H-pyrrole nitrogens is 1. The van der Waals surface area contributed by atoms with Crippen LogP contribution in [0.15, 0.2) is 21.3 Å². The first-order valence-corrected chi connectivity index (χ1v) is 7.89. The number of piperidine rings is 1. The molecular weight excluding hydrogens is 298 g/mol. The molecule has 120 valence electrons. The molecule has 0 spiro atoms. The Morgan fingerprint density at radius 2 is 1.74 bits per heavy atom. The van der Waals surface area contributed by atoms with Gasteiger partial charge in [-0.05, 0) is 31.7 Å². The molecule has 1 N–H and O–H groups in total. The van der Waals surface area contributed by atoms with Gasteiger partial charge in [0.1, 0.15) is 5.69 Å². The maximum Gasteiger partial charge on any atom is 0.274 e. The van der Waals surface area contributed by atoms with Crippen molar-refractivity contribution in [2.45, 2.75) is 37.5 Å². The number of hydrogen-bond donors (Lipinski definition) is 1. The van der Waals surface area contributed by atoms with E-state index in [1.54, 1.807) is 4.90 Å². The average Bonchev–Trinajstić information content (AvgIpc) is 3.32. The first kappa shape index (κ1) is 14.1. The number of aromatic amines is 1. The third-order valence-corrected chi connectivity index (χ3v) is 4.41. The van der Waals surface area contributed by atoms with Gasteiger partial charge >= 0.3 is 0 Å². The molecule has 8 nitrogen and oxygen atoms in total. The van der Waals surface area contributed by atoms with Crippen molar-refractivity contribution >= 4 is 5.91 Å². The van der Waals surface area contributed by atoms with Crippen LogP contribution in [-0.2, 0) is 0 Å². The van der Waals surface area contributed by atoms with E-state index in [2.05, 4.69) is 20.4 Å². The summed E-state index contributed by atoms with van der Waals surface area (Å²) in [6.07, 6.45) is 3.87. The van der Waals surface area contributed by atoms with E-state index in [9.17, 15) is 9.59 Å². The second-order valence-corrected chi connectivity index (χ2v) is 6.13. The van der Waals surface area contributed by atoms with Gasteiger partial charge in [0, 0.05) is 31.0 Å². The molecule has 1 aliphatic heterocycles. The van der Waals surface area contributed by atoms with Crippen molar-refractivity contribution in [2.24, 2.45) is 0 Å². The van der Waals surface area contributed by atoms with Crippen molar-refractivity contribution in [3.8, 4) is 0 Å². The standard InChI is InChI=1S/C15H17N5O3/c21-12-4-3-11(16-17-12)15(22)20-7-5-10(6-8-20)14-19-18-13(23-14)9-1-2-9/h3-4,9-10H,1-2,5-8H2,(H,17,21). The van der Waals surface area contributed by atoms with Gasteiger partial charge in [0.2, 0.25) is 11.8 Å². The quantitative estimate of drug-likeness (QED) is 0.907. The predicted octanol–water partition coefficient (Wildman–Crippen LogP) is 1.05. The Kier molecular flexibility index (Phi) is 3.44. The van der Waals surface area contributed by atoms with E-state index in [1.165, 1.54) is 12.1 Å². The fourth-order valence-corrected chi connectivity index (χ4v) is 2.86. The summed E-state index contributed by atoms with van der Waals surface area (Å²) >= 11 is 0. The van der Waals surface area contributed by atoms with Crippen molar-refractivity contribution in [1.29, 1.82) is 0 Å². The topological polar surface area (TPSA) is 105 Å². The molecule has 0 atom stereocenters. The number of aromatic nitrogens is 4. The van der Waals surface area contributed by atoms with E-state index in [0.29, 0.717) is 24.9 Å². The largest absolute Gasteiger partial charge is 0.425 e. The van der Waals surface area contributed by atoms with Crippen LogP contribution >= 0.6 is 0 Å². The number of rotatable bonds is 3. The van der Waals surface area contributed by atoms with Crippen LogP contribution in [0.3, 0.4) is 0 Å². The summed E-state index contributed by atoms with van der Waals surface area (Å²) in [5.41, 5.74) is -0.0556. The molecule has 1 saturated carbocycles. The molecule has 1 saturated heterocycles. The van der Waals surface area contributed by atoms with Crippen molar-refractivity contribution < 1.29 is 9.21 Å². The van der Waals surface area contributed by atoms with E-state index in [4.69, 9.17) is 4.42 Å². The lowest BCUT2D eigenvalue weighted by Crippen LogP contribution is -2.38. The summed E-state index contributed by atoms with van der Waals surface area (Å²) in [5, 5.41) is 14.4. The molecule has 0 unspecified atom stereocenters. The Bertz CT molecular complexity index is 751. The minimum absolute atomic E-state index is 0.163. The highest BCUT2D eigenvalue weighted by atomic mass is 16.4. The fraction of sp³-hybridized carbons (Fsp3) is 0.533. The Morgan fingerprint density at radius 1 is 1.09 bits per heavy atom. The van der Waals surface area contributed by atoms with Crippen molar-refractivity contribution in [1.82, 2.24) is 25.3 Å². The highest BCUT2D eigenvalue weighted by Gasteiger charge is 2.32.